The quantitative estimate of drug-likeness (QED) is 0.876. The number of sulfonamides is 1. The predicted molar refractivity (Wildman–Crippen MR) is 72.0 cm³/mol. The lowest BCUT2D eigenvalue weighted by molar-refractivity contribution is 0.480. The zero-order valence-corrected chi connectivity index (χ0v) is 11.4. The Bertz CT molecular complexity index is 677. The van der Waals surface area contributed by atoms with Crippen molar-refractivity contribution in [2.75, 3.05) is 11.0 Å². The Morgan fingerprint density at radius 1 is 1.21 bits per heavy atom. The fraction of sp³-hybridized carbons (Fsp3) is 0.0909. The van der Waals surface area contributed by atoms with E-state index in [2.05, 4.69) is 14.7 Å². The summed E-state index contributed by atoms with van der Waals surface area (Å²) in [5.74, 6) is 0.544. The summed E-state index contributed by atoms with van der Waals surface area (Å²) in [6, 6.07) is 8.78. The molecular formula is C11H10ClN3O3S. The van der Waals surface area contributed by atoms with Gasteiger partial charge in [0.05, 0.1) is 6.26 Å². The van der Waals surface area contributed by atoms with Crippen LogP contribution in [0.1, 0.15) is 0 Å². The monoisotopic (exact) mass is 299 g/mol. The standard InChI is InChI=1S/C11H10ClN3O3S/c1-19(16,17)15-11-9(10(12)13-7-14-11)18-8-5-3-2-4-6-8/h2-7H,1H3,(H,13,14,15). The number of nitrogens with zero attached hydrogens (tertiary/aromatic N) is 2. The van der Waals surface area contributed by atoms with Gasteiger partial charge in [0.25, 0.3) is 0 Å². The Morgan fingerprint density at radius 3 is 2.53 bits per heavy atom. The predicted octanol–water partition coefficient (Wildman–Crippen LogP) is 2.29. The molecule has 2 aromatic rings. The van der Waals surface area contributed by atoms with Crippen LogP contribution < -0.4 is 9.46 Å². The number of benzene rings is 1. The molecule has 0 spiro atoms. The summed E-state index contributed by atoms with van der Waals surface area (Å²) in [6.07, 6.45) is 2.16. The number of para-hydroxylation sites is 1. The van der Waals surface area contributed by atoms with Crippen molar-refractivity contribution in [1.29, 1.82) is 0 Å². The number of aromatic nitrogens is 2. The van der Waals surface area contributed by atoms with Crippen molar-refractivity contribution in [1.82, 2.24) is 9.97 Å². The number of ether oxygens (including phenoxy) is 1. The van der Waals surface area contributed by atoms with Crippen LogP contribution in [0.5, 0.6) is 11.5 Å². The van der Waals surface area contributed by atoms with Crippen molar-refractivity contribution >= 4 is 27.4 Å². The number of rotatable bonds is 4. The van der Waals surface area contributed by atoms with E-state index < -0.39 is 10.0 Å². The molecule has 0 unspecified atom stereocenters. The highest BCUT2D eigenvalue weighted by Gasteiger charge is 2.15. The lowest BCUT2D eigenvalue weighted by atomic mass is 10.3. The maximum atomic E-state index is 11.2. The first-order chi connectivity index (χ1) is 8.96. The van der Waals surface area contributed by atoms with Gasteiger partial charge in [0.1, 0.15) is 12.1 Å². The Balaban J connectivity index is 2.38. The largest absolute Gasteiger partial charge is 0.450 e. The van der Waals surface area contributed by atoms with Crippen LogP contribution in [0.3, 0.4) is 0 Å². The molecular weight excluding hydrogens is 290 g/mol. The van der Waals surface area contributed by atoms with Crippen LogP contribution in [0.4, 0.5) is 5.82 Å². The van der Waals surface area contributed by atoms with Gasteiger partial charge < -0.3 is 4.74 Å². The summed E-state index contributed by atoms with van der Waals surface area (Å²) < 4.78 is 30.2. The summed E-state index contributed by atoms with van der Waals surface area (Å²) in [4.78, 5) is 7.57. The van der Waals surface area contributed by atoms with E-state index >= 15 is 0 Å². The molecule has 0 fully saturated rings. The average Bonchev–Trinajstić information content (AvgIpc) is 2.33. The van der Waals surface area contributed by atoms with Crippen LogP contribution in [0.2, 0.25) is 5.15 Å². The van der Waals surface area contributed by atoms with Gasteiger partial charge in [0, 0.05) is 0 Å². The zero-order chi connectivity index (χ0) is 13.9. The van der Waals surface area contributed by atoms with E-state index in [1.807, 2.05) is 6.07 Å². The second-order valence-electron chi connectivity index (χ2n) is 3.63. The molecule has 0 saturated heterocycles. The highest BCUT2D eigenvalue weighted by Crippen LogP contribution is 2.33. The zero-order valence-electron chi connectivity index (χ0n) is 9.87. The molecule has 19 heavy (non-hydrogen) atoms. The van der Waals surface area contributed by atoms with E-state index in [4.69, 9.17) is 16.3 Å². The Labute approximate surface area is 115 Å². The van der Waals surface area contributed by atoms with Gasteiger partial charge in [-0.25, -0.2) is 18.4 Å². The summed E-state index contributed by atoms with van der Waals surface area (Å²) in [5, 5.41) is 0.0185. The van der Waals surface area contributed by atoms with Gasteiger partial charge in [-0.2, -0.15) is 0 Å². The van der Waals surface area contributed by atoms with Crippen LogP contribution in [-0.4, -0.2) is 24.6 Å². The smallest absolute Gasteiger partial charge is 0.231 e. The molecule has 1 N–H and O–H groups in total. The minimum absolute atomic E-state index is 0.00801. The first-order valence-electron chi connectivity index (χ1n) is 5.17. The molecule has 0 radical (unpaired) electrons. The molecule has 0 aliphatic carbocycles. The highest BCUT2D eigenvalue weighted by atomic mass is 35.5. The summed E-state index contributed by atoms with van der Waals surface area (Å²) in [7, 11) is -3.49. The van der Waals surface area contributed by atoms with E-state index in [-0.39, 0.29) is 16.7 Å². The van der Waals surface area contributed by atoms with Gasteiger partial charge in [-0.3, -0.25) is 4.72 Å². The van der Waals surface area contributed by atoms with Crippen molar-refractivity contribution in [3.8, 4) is 11.5 Å². The van der Waals surface area contributed by atoms with Crippen molar-refractivity contribution in [3.05, 3.63) is 41.8 Å². The molecule has 100 valence electrons. The van der Waals surface area contributed by atoms with Crippen molar-refractivity contribution < 1.29 is 13.2 Å². The number of hydrogen-bond acceptors (Lipinski definition) is 5. The van der Waals surface area contributed by atoms with Crippen LogP contribution in [0.25, 0.3) is 0 Å². The summed E-state index contributed by atoms with van der Waals surface area (Å²) >= 11 is 5.90. The van der Waals surface area contributed by atoms with E-state index in [1.54, 1.807) is 24.3 Å². The minimum atomic E-state index is -3.49. The Morgan fingerprint density at radius 2 is 1.89 bits per heavy atom. The molecule has 2 rings (SSSR count). The molecule has 6 nitrogen and oxygen atoms in total. The van der Waals surface area contributed by atoms with Gasteiger partial charge in [-0.1, -0.05) is 29.8 Å². The normalized spacial score (nSPS) is 11.1. The molecule has 1 aromatic heterocycles. The fourth-order valence-corrected chi connectivity index (χ4v) is 1.97. The Hall–Kier alpha value is -1.86. The lowest BCUT2D eigenvalue weighted by Gasteiger charge is -2.11. The molecule has 0 amide bonds. The molecule has 1 aromatic carbocycles. The third-order valence-corrected chi connectivity index (χ3v) is 2.84. The van der Waals surface area contributed by atoms with Crippen LogP contribution in [-0.2, 0) is 10.0 Å². The van der Waals surface area contributed by atoms with E-state index in [9.17, 15) is 8.42 Å². The Kier molecular flexibility index (Phi) is 3.87. The van der Waals surface area contributed by atoms with Crippen molar-refractivity contribution in [2.45, 2.75) is 0 Å². The SMILES string of the molecule is CS(=O)(=O)Nc1ncnc(Cl)c1Oc1ccccc1. The molecule has 0 bridgehead atoms. The highest BCUT2D eigenvalue weighted by molar-refractivity contribution is 7.92. The number of anilines is 1. The molecule has 0 saturated carbocycles. The number of halogens is 1. The third kappa shape index (κ3) is 3.80. The fourth-order valence-electron chi connectivity index (χ4n) is 1.30. The van der Waals surface area contributed by atoms with Crippen molar-refractivity contribution in [3.63, 3.8) is 0 Å². The van der Waals surface area contributed by atoms with Crippen molar-refractivity contribution in [2.24, 2.45) is 0 Å². The van der Waals surface area contributed by atoms with Crippen LogP contribution in [0, 0.1) is 0 Å². The third-order valence-electron chi connectivity index (χ3n) is 2.01. The molecule has 1 heterocycles. The maximum absolute atomic E-state index is 11.2. The van der Waals surface area contributed by atoms with Crippen LogP contribution in [0.15, 0.2) is 36.7 Å². The lowest BCUT2D eigenvalue weighted by Crippen LogP contribution is -2.12. The second-order valence-corrected chi connectivity index (χ2v) is 5.74. The van der Waals surface area contributed by atoms with Gasteiger partial charge in [-0.05, 0) is 12.1 Å². The van der Waals surface area contributed by atoms with Gasteiger partial charge in [-0.15, -0.1) is 0 Å². The van der Waals surface area contributed by atoms with E-state index in [0.717, 1.165) is 12.6 Å². The molecule has 0 aliphatic rings. The number of nitrogens with one attached hydrogen (secondary N) is 1. The maximum Gasteiger partial charge on any atom is 0.231 e. The molecule has 8 heteroatoms. The second kappa shape index (κ2) is 5.41. The summed E-state index contributed by atoms with van der Waals surface area (Å²) in [5.41, 5.74) is 0. The molecule has 0 atom stereocenters. The molecule has 0 aliphatic heterocycles. The topological polar surface area (TPSA) is 81.2 Å². The average molecular weight is 300 g/mol. The first kappa shape index (κ1) is 13.6. The first-order valence-corrected chi connectivity index (χ1v) is 7.44. The van der Waals surface area contributed by atoms with Gasteiger partial charge in [0.15, 0.2) is 11.0 Å². The van der Waals surface area contributed by atoms with Gasteiger partial charge in [0.2, 0.25) is 15.8 Å². The van der Waals surface area contributed by atoms with Crippen LogP contribution >= 0.6 is 11.6 Å². The van der Waals surface area contributed by atoms with Gasteiger partial charge >= 0.3 is 0 Å². The number of hydrogen-bond donors (Lipinski definition) is 1. The van der Waals surface area contributed by atoms with E-state index in [1.165, 1.54) is 0 Å². The minimum Gasteiger partial charge on any atom is -0.450 e. The summed E-state index contributed by atoms with van der Waals surface area (Å²) in [6.45, 7) is 0. The van der Waals surface area contributed by atoms with E-state index in [0.29, 0.717) is 5.75 Å².